The number of aliphatic imine (C=N–C) groups is 2. The minimum absolute atomic E-state index is 0.326. The maximum Gasteiger partial charge on any atom is 0.333 e. The van der Waals surface area contributed by atoms with E-state index in [1.165, 1.54) is 18.2 Å². The van der Waals surface area contributed by atoms with Gasteiger partial charge in [0.1, 0.15) is 0 Å². The Morgan fingerprint density at radius 1 is 0.963 bits per heavy atom. The first-order valence-electron chi connectivity index (χ1n) is 9.20. The Morgan fingerprint density at radius 3 is 2.00 bits per heavy atom. The number of nitrogens with zero attached hydrogens (tertiary/aromatic N) is 2. The number of benzene rings is 2. The van der Waals surface area contributed by atoms with Crippen LogP contribution in [0.25, 0.3) is 0 Å². The number of hydrogen-bond donors (Lipinski definition) is 0. The summed E-state index contributed by atoms with van der Waals surface area (Å²) in [4.78, 5) is 21.3. The van der Waals surface area contributed by atoms with Crippen LogP contribution in [0.4, 0.5) is 0 Å². The van der Waals surface area contributed by atoms with Crippen molar-refractivity contribution in [1.82, 2.24) is 0 Å². The monoisotopic (exact) mass is 364 g/mol. The number of methoxy groups -OCH3 is 1. The molecule has 0 radical (unpaired) electrons. The molecule has 0 saturated carbocycles. The van der Waals surface area contributed by atoms with Crippen LogP contribution >= 0.6 is 0 Å². The lowest BCUT2D eigenvalue weighted by Crippen LogP contribution is -2.34. The van der Waals surface area contributed by atoms with Gasteiger partial charge in [0.2, 0.25) is 0 Å². The van der Waals surface area contributed by atoms with Crippen LogP contribution in [0.2, 0.25) is 0 Å². The number of carbonyl (C=O) groups excluding carboxylic acids is 1. The molecular weight excluding hydrogens is 336 g/mol. The summed E-state index contributed by atoms with van der Waals surface area (Å²) < 4.78 is 4.97. The highest BCUT2D eigenvalue weighted by molar-refractivity contribution is 5.86. The van der Waals surface area contributed by atoms with Crippen LogP contribution in [0.3, 0.4) is 0 Å². The molecule has 0 N–H and O–H groups in total. The molecule has 0 aliphatic rings. The molecular formula is C23H28N2O2. The highest BCUT2D eigenvalue weighted by Gasteiger charge is 2.32. The highest BCUT2D eigenvalue weighted by Crippen LogP contribution is 2.20. The van der Waals surface area contributed by atoms with E-state index >= 15 is 0 Å². The Bertz CT molecular complexity index is 792. The van der Waals surface area contributed by atoms with Gasteiger partial charge in [-0.05, 0) is 44.7 Å². The van der Waals surface area contributed by atoms with Crippen LogP contribution in [0, 0.1) is 13.8 Å². The third kappa shape index (κ3) is 6.48. The largest absolute Gasteiger partial charge is 0.467 e. The molecule has 0 amide bonds. The van der Waals surface area contributed by atoms with Crippen LogP contribution in [0.15, 0.2) is 58.5 Å². The first-order chi connectivity index (χ1) is 12.9. The third-order valence-electron chi connectivity index (χ3n) is 4.47. The Morgan fingerprint density at radius 2 is 1.48 bits per heavy atom. The van der Waals surface area contributed by atoms with Gasteiger partial charge in [0.25, 0.3) is 0 Å². The number of esters is 1. The molecule has 0 aromatic heterocycles. The molecule has 2 aromatic rings. The van der Waals surface area contributed by atoms with Crippen molar-refractivity contribution in [2.24, 2.45) is 9.98 Å². The van der Waals surface area contributed by atoms with E-state index in [1.807, 2.05) is 56.5 Å². The third-order valence-corrected chi connectivity index (χ3v) is 4.47. The van der Waals surface area contributed by atoms with E-state index in [1.54, 1.807) is 6.21 Å². The van der Waals surface area contributed by atoms with Gasteiger partial charge in [-0.2, -0.15) is 0 Å². The van der Waals surface area contributed by atoms with Crippen molar-refractivity contribution in [2.75, 3.05) is 13.7 Å². The molecule has 0 spiro atoms. The van der Waals surface area contributed by atoms with Gasteiger partial charge in [-0.3, -0.25) is 9.98 Å². The number of ether oxygens (including phenoxy) is 1. The Kier molecular flexibility index (Phi) is 7.47. The molecule has 1 atom stereocenters. The van der Waals surface area contributed by atoms with Gasteiger partial charge in [0.05, 0.1) is 7.11 Å². The molecule has 0 heterocycles. The fraction of sp³-hybridized carbons (Fsp3) is 0.348. The zero-order valence-corrected chi connectivity index (χ0v) is 16.6. The van der Waals surface area contributed by atoms with Crippen LogP contribution in [-0.2, 0) is 9.53 Å². The Hall–Kier alpha value is -2.75. The van der Waals surface area contributed by atoms with Gasteiger partial charge in [0, 0.05) is 19.0 Å². The van der Waals surface area contributed by atoms with E-state index in [4.69, 9.17) is 4.74 Å². The lowest BCUT2D eigenvalue weighted by Gasteiger charge is -2.21. The Balaban J connectivity index is 1.95. The van der Waals surface area contributed by atoms with E-state index < -0.39 is 5.54 Å². The topological polar surface area (TPSA) is 51.0 Å². The van der Waals surface area contributed by atoms with Gasteiger partial charge in [-0.25, -0.2) is 4.79 Å². The van der Waals surface area contributed by atoms with Gasteiger partial charge in [-0.1, -0.05) is 59.7 Å². The van der Waals surface area contributed by atoms with Crippen molar-refractivity contribution in [1.29, 1.82) is 0 Å². The number of rotatable bonds is 8. The van der Waals surface area contributed by atoms with Gasteiger partial charge in [0.15, 0.2) is 5.54 Å². The first kappa shape index (κ1) is 20.6. The second-order valence-electron chi connectivity index (χ2n) is 6.98. The summed E-state index contributed by atoms with van der Waals surface area (Å²) in [7, 11) is 1.40. The minimum Gasteiger partial charge on any atom is -0.467 e. The summed E-state index contributed by atoms with van der Waals surface area (Å²) in [5, 5.41) is 0. The SMILES string of the molecule is COC(=O)C(C)(CCCN=Cc1ccc(C)cc1)N=Cc1ccc(C)cc1. The highest BCUT2D eigenvalue weighted by atomic mass is 16.5. The normalized spacial score (nSPS) is 13.8. The van der Waals surface area contributed by atoms with E-state index in [0.29, 0.717) is 13.0 Å². The van der Waals surface area contributed by atoms with E-state index in [-0.39, 0.29) is 5.97 Å². The average molecular weight is 364 g/mol. The van der Waals surface area contributed by atoms with Crippen LogP contribution in [0.1, 0.15) is 42.0 Å². The molecule has 0 aliphatic heterocycles. The van der Waals surface area contributed by atoms with Crippen molar-refractivity contribution in [2.45, 2.75) is 39.2 Å². The second kappa shape index (κ2) is 9.81. The van der Waals surface area contributed by atoms with Crippen molar-refractivity contribution < 1.29 is 9.53 Å². The average Bonchev–Trinajstić information content (AvgIpc) is 2.68. The zero-order chi connectivity index (χ0) is 19.7. The van der Waals surface area contributed by atoms with E-state index in [2.05, 4.69) is 29.0 Å². The standard InChI is InChI=1S/C23H28N2O2/c1-18-6-10-20(11-7-18)16-24-15-5-14-23(3,22(26)27-4)25-17-21-12-8-19(2)9-13-21/h6-13,16-17H,5,14-15H2,1-4H3. The van der Waals surface area contributed by atoms with E-state index in [0.717, 1.165) is 17.5 Å². The van der Waals surface area contributed by atoms with Gasteiger partial charge < -0.3 is 4.74 Å². The summed E-state index contributed by atoms with van der Waals surface area (Å²) in [6.45, 7) is 6.55. The maximum atomic E-state index is 12.3. The van der Waals surface area contributed by atoms with Crippen molar-refractivity contribution in [3.8, 4) is 0 Å². The second-order valence-corrected chi connectivity index (χ2v) is 6.98. The number of carbonyl (C=O) groups is 1. The van der Waals surface area contributed by atoms with Gasteiger partial charge >= 0.3 is 5.97 Å². The minimum atomic E-state index is -0.904. The molecule has 2 rings (SSSR count). The smallest absolute Gasteiger partial charge is 0.333 e. The Labute approximate surface area is 162 Å². The van der Waals surface area contributed by atoms with E-state index in [9.17, 15) is 4.79 Å². The van der Waals surface area contributed by atoms with Crippen molar-refractivity contribution in [3.05, 3.63) is 70.8 Å². The molecule has 0 fully saturated rings. The fourth-order valence-corrected chi connectivity index (χ4v) is 2.65. The lowest BCUT2D eigenvalue weighted by atomic mass is 9.96. The predicted molar refractivity (Wildman–Crippen MR) is 112 cm³/mol. The zero-order valence-electron chi connectivity index (χ0n) is 16.6. The molecule has 4 nitrogen and oxygen atoms in total. The molecule has 0 bridgehead atoms. The summed E-state index contributed by atoms with van der Waals surface area (Å²) in [5.74, 6) is -0.326. The van der Waals surface area contributed by atoms with Gasteiger partial charge in [-0.15, -0.1) is 0 Å². The first-order valence-corrected chi connectivity index (χ1v) is 9.20. The molecule has 0 saturated heterocycles. The molecule has 4 heteroatoms. The summed E-state index contributed by atoms with van der Waals surface area (Å²) >= 11 is 0. The number of hydrogen-bond acceptors (Lipinski definition) is 4. The molecule has 2 aromatic carbocycles. The van der Waals surface area contributed by atoms with Crippen LogP contribution in [-0.4, -0.2) is 37.6 Å². The molecule has 142 valence electrons. The van der Waals surface area contributed by atoms with Crippen molar-refractivity contribution >= 4 is 18.4 Å². The van der Waals surface area contributed by atoms with Crippen molar-refractivity contribution in [3.63, 3.8) is 0 Å². The fourth-order valence-electron chi connectivity index (χ4n) is 2.65. The summed E-state index contributed by atoms with van der Waals surface area (Å²) in [6, 6.07) is 16.2. The molecule has 27 heavy (non-hydrogen) atoms. The molecule has 0 aliphatic carbocycles. The maximum absolute atomic E-state index is 12.3. The van der Waals surface area contributed by atoms with Crippen LogP contribution in [0.5, 0.6) is 0 Å². The summed E-state index contributed by atoms with van der Waals surface area (Å²) in [5.41, 5.74) is 3.56. The number of aryl methyl sites for hydroxylation is 2. The van der Waals surface area contributed by atoms with Crippen LogP contribution < -0.4 is 0 Å². The lowest BCUT2D eigenvalue weighted by molar-refractivity contribution is -0.146. The quantitative estimate of drug-likeness (QED) is 0.392. The molecule has 1 unspecified atom stereocenters. The summed E-state index contributed by atoms with van der Waals surface area (Å²) in [6.07, 6.45) is 4.93. The predicted octanol–water partition coefficient (Wildman–Crippen LogP) is 4.55.